The van der Waals surface area contributed by atoms with E-state index in [-0.39, 0.29) is 10.4 Å². The molecule has 0 unspecified atom stereocenters. The number of benzene rings is 2. The lowest BCUT2D eigenvalue weighted by Crippen LogP contribution is -2.37. The van der Waals surface area contributed by atoms with Gasteiger partial charge in [0.15, 0.2) is 6.04 Å². The third kappa shape index (κ3) is 3.71. The quantitative estimate of drug-likeness (QED) is 0.580. The van der Waals surface area contributed by atoms with Gasteiger partial charge in [-0.2, -0.15) is 0 Å². The second kappa shape index (κ2) is 7.85. The maximum Gasteiger partial charge on any atom is 0.331 e. The summed E-state index contributed by atoms with van der Waals surface area (Å²) in [4.78, 5) is 26.6. The molecule has 4 rings (SSSR count). The van der Waals surface area contributed by atoms with E-state index in [1.54, 1.807) is 36.4 Å². The number of aliphatic carboxylic acids is 1. The predicted molar refractivity (Wildman–Crippen MR) is 116 cm³/mol. The number of carbonyl (C=O) groups excluding carboxylic acids is 1. The highest BCUT2D eigenvalue weighted by Crippen LogP contribution is 2.39. The van der Waals surface area contributed by atoms with Gasteiger partial charge in [-0.25, -0.2) is 4.79 Å². The molecule has 146 valence electrons. The largest absolute Gasteiger partial charge is 0.485 e. The van der Waals surface area contributed by atoms with Gasteiger partial charge in [-0.1, -0.05) is 72.5 Å². The monoisotopic (exact) mass is 423 g/mol. The van der Waals surface area contributed by atoms with Crippen molar-refractivity contribution in [2.24, 2.45) is 0 Å². The van der Waals surface area contributed by atoms with Crippen LogP contribution in [-0.4, -0.2) is 32.3 Å². The first-order valence-electron chi connectivity index (χ1n) is 8.98. The van der Waals surface area contributed by atoms with Crippen LogP contribution >= 0.6 is 24.0 Å². The standard InChI is InChI=1S/C22H17NO4S2/c1-13-16(11-15-9-5-6-10-17(15)27-13)12-18-20(24)23(22(28)29-18)19(21(25)26)14-7-3-2-4-8-14/h2-13,19H,1H3,(H,25,26)/b18-12-/t13-,19-/m1/s1. The number of thiocarbonyl (C=S) groups is 1. The summed E-state index contributed by atoms with van der Waals surface area (Å²) >= 11 is 6.47. The fraction of sp³-hybridized carbons (Fsp3) is 0.136. The summed E-state index contributed by atoms with van der Waals surface area (Å²) in [7, 11) is 0. The van der Waals surface area contributed by atoms with Crippen LogP contribution in [0, 0.1) is 0 Å². The van der Waals surface area contributed by atoms with Gasteiger partial charge in [0.2, 0.25) is 0 Å². The van der Waals surface area contributed by atoms with Crippen molar-refractivity contribution in [3.63, 3.8) is 0 Å². The minimum Gasteiger partial charge on any atom is -0.485 e. The molecule has 7 heteroatoms. The van der Waals surface area contributed by atoms with Crippen molar-refractivity contribution in [3.8, 4) is 5.75 Å². The van der Waals surface area contributed by atoms with Crippen molar-refractivity contribution in [1.29, 1.82) is 0 Å². The van der Waals surface area contributed by atoms with Crippen LogP contribution in [0.15, 0.2) is 71.2 Å². The molecule has 2 atom stereocenters. The first-order chi connectivity index (χ1) is 14.0. The van der Waals surface area contributed by atoms with Gasteiger partial charge in [0.25, 0.3) is 5.91 Å². The van der Waals surface area contributed by atoms with Crippen LogP contribution in [0.1, 0.15) is 24.1 Å². The van der Waals surface area contributed by atoms with E-state index in [2.05, 4.69) is 0 Å². The van der Waals surface area contributed by atoms with Crippen LogP contribution in [0.25, 0.3) is 6.08 Å². The first kappa shape index (κ1) is 19.4. The Morgan fingerprint density at radius 1 is 1.21 bits per heavy atom. The van der Waals surface area contributed by atoms with Crippen molar-refractivity contribution in [2.75, 3.05) is 0 Å². The number of thioether (sulfide) groups is 1. The lowest BCUT2D eigenvalue weighted by atomic mass is 10.0. The molecule has 0 aliphatic carbocycles. The number of carbonyl (C=O) groups is 2. The van der Waals surface area contributed by atoms with E-state index >= 15 is 0 Å². The highest BCUT2D eigenvalue weighted by Gasteiger charge is 2.41. The Morgan fingerprint density at radius 2 is 1.90 bits per heavy atom. The van der Waals surface area contributed by atoms with E-state index in [0.29, 0.717) is 10.5 Å². The first-order valence-corrected chi connectivity index (χ1v) is 10.2. The zero-order chi connectivity index (χ0) is 20.5. The van der Waals surface area contributed by atoms with Crippen molar-refractivity contribution in [2.45, 2.75) is 19.1 Å². The Labute approximate surface area is 177 Å². The number of carboxylic acids is 1. The fourth-order valence-electron chi connectivity index (χ4n) is 3.31. The number of amides is 1. The van der Waals surface area contributed by atoms with E-state index in [0.717, 1.165) is 28.6 Å². The highest BCUT2D eigenvalue weighted by molar-refractivity contribution is 8.26. The number of ether oxygens (including phenoxy) is 1. The van der Waals surface area contributed by atoms with Crippen LogP contribution in [0.4, 0.5) is 0 Å². The second-order valence-corrected chi connectivity index (χ2v) is 8.32. The van der Waals surface area contributed by atoms with E-state index in [1.165, 1.54) is 4.90 Å². The van der Waals surface area contributed by atoms with E-state index in [1.807, 2.05) is 37.3 Å². The molecule has 5 nitrogen and oxygen atoms in total. The van der Waals surface area contributed by atoms with Gasteiger partial charge in [-0.15, -0.1) is 0 Å². The summed E-state index contributed by atoms with van der Waals surface area (Å²) < 4.78 is 6.15. The summed E-state index contributed by atoms with van der Waals surface area (Å²) in [6.07, 6.45) is 3.48. The molecule has 2 aliphatic rings. The molecule has 0 aromatic heterocycles. The Morgan fingerprint density at radius 3 is 2.62 bits per heavy atom. The van der Waals surface area contributed by atoms with Gasteiger partial charge < -0.3 is 9.84 Å². The minimum atomic E-state index is -1.16. The van der Waals surface area contributed by atoms with Gasteiger partial charge >= 0.3 is 5.97 Å². The number of carboxylic acid groups (broad SMARTS) is 1. The topological polar surface area (TPSA) is 66.8 Å². The molecule has 1 fully saturated rings. The van der Waals surface area contributed by atoms with Crippen LogP contribution in [-0.2, 0) is 9.59 Å². The normalized spacial score (nSPS) is 20.9. The molecule has 1 amide bonds. The highest BCUT2D eigenvalue weighted by atomic mass is 32.2. The number of nitrogens with zero attached hydrogens (tertiary/aromatic N) is 1. The van der Waals surface area contributed by atoms with Crippen molar-refractivity contribution in [1.82, 2.24) is 4.90 Å². The number of hydrogen-bond donors (Lipinski definition) is 1. The lowest BCUT2D eigenvalue weighted by molar-refractivity contribution is -0.145. The average Bonchev–Trinajstić information content (AvgIpc) is 2.97. The van der Waals surface area contributed by atoms with Crippen molar-refractivity contribution >= 4 is 46.3 Å². The van der Waals surface area contributed by atoms with E-state index < -0.39 is 17.9 Å². The summed E-state index contributed by atoms with van der Waals surface area (Å²) in [5.41, 5.74) is 2.26. The van der Waals surface area contributed by atoms with Gasteiger partial charge in [-0.3, -0.25) is 9.69 Å². The van der Waals surface area contributed by atoms with Gasteiger partial charge in [0.05, 0.1) is 4.91 Å². The molecule has 1 N–H and O–H groups in total. The molecule has 1 saturated heterocycles. The zero-order valence-electron chi connectivity index (χ0n) is 15.4. The fourth-order valence-corrected chi connectivity index (χ4v) is 4.63. The Kier molecular flexibility index (Phi) is 5.25. The Hall–Kier alpha value is -2.90. The maximum atomic E-state index is 13.1. The molecule has 29 heavy (non-hydrogen) atoms. The Balaban J connectivity index is 1.68. The molecule has 2 aromatic carbocycles. The van der Waals surface area contributed by atoms with Crippen LogP contribution in [0.3, 0.4) is 0 Å². The van der Waals surface area contributed by atoms with Crippen molar-refractivity contribution in [3.05, 3.63) is 82.3 Å². The van der Waals surface area contributed by atoms with Crippen LogP contribution in [0.2, 0.25) is 0 Å². The molecule has 2 aliphatic heterocycles. The second-order valence-electron chi connectivity index (χ2n) is 6.65. The molecular formula is C22H17NO4S2. The van der Waals surface area contributed by atoms with Gasteiger partial charge in [0.1, 0.15) is 16.2 Å². The molecule has 0 radical (unpaired) electrons. The third-order valence-corrected chi connectivity index (χ3v) is 6.07. The number of rotatable bonds is 4. The number of fused-ring (bicyclic) bond motifs is 1. The Bertz CT molecular complexity index is 1060. The molecular weight excluding hydrogens is 406 g/mol. The molecule has 0 saturated carbocycles. The van der Waals surface area contributed by atoms with Gasteiger partial charge in [0, 0.05) is 5.56 Å². The van der Waals surface area contributed by atoms with Crippen LogP contribution < -0.4 is 4.74 Å². The smallest absolute Gasteiger partial charge is 0.331 e. The SMILES string of the molecule is C[C@H]1Oc2ccccc2C=C1/C=C1\SC(=S)N([C@@H](C(=O)O)c2ccccc2)C1=O. The minimum absolute atomic E-state index is 0.225. The summed E-state index contributed by atoms with van der Waals surface area (Å²) in [6, 6.07) is 15.1. The van der Waals surface area contributed by atoms with Gasteiger partial charge in [-0.05, 0) is 36.3 Å². The zero-order valence-corrected chi connectivity index (χ0v) is 17.1. The van der Waals surface area contributed by atoms with Crippen LogP contribution in [0.5, 0.6) is 5.75 Å². The molecule has 2 heterocycles. The lowest BCUT2D eigenvalue weighted by Gasteiger charge is -2.24. The molecule has 0 bridgehead atoms. The van der Waals surface area contributed by atoms with E-state index in [4.69, 9.17) is 17.0 Å². The summed E-state index contributed by atoms with van der Waals surface area (Å²) in [5.74, 6) is -0.751. The molecule has 0 spiro atoms. The maximum absolute atomic E-state index is 13.1. The number of hydrogen-bond acceptors (Lipinski definition) is 5. The van der Waals surface area contributed by atoms with E-state index in [9.17, 15) is 14.7 Å². The predicted octanol–water partition coefficient (Wildman–Crippen LogP) is 4.42. The molecule has 2 aromatic rings. The summed E-state index contributed by atoms with van der Waals surface area (Å²) in [5, 5.41) is 9.77. The van der Waals surface area contributed by atoms with Crippen molar-refractivity contribution < 1.29 is 19.4 Å². The summed E-state index contributed by atoms with van der Waals surface area (Å²) in [6.45, 7) is 1.91. The number of para-hydroxylation sites is 1. The third-order valence-electron chi connectivity index (χ3n) is 4.74. The average molecular weight is 424 g/mol.